The van der Waals surface area contributed by atoms with Crippen molar-refractivity contribution in [3.63, 3.8) is 0 Å². The van der Waals surface area contributed by atoms with E-state index in [4.69, 9.17) is 9.15 Å². The van der Waals surface area contributed by atoms with Crippen molar-refractivity contribution in [1.29, 1.82) is 0 Å². The van der Waals surface area contributed by atoms with Crippen LogP contribution in [0.1, 0.15) is 5.76 Å². The third-order valence-electron chi connectivity index (χ3n) is 3.07. The van der Waals surface area contributed by atoms with Gasteiger partial charge in [-0.05, 0) is 24.3 Å². The summed E-state index contributed by atoms with van der Waals surface area (Å²) in [7, 11) is -2.13. The van der Waals surface area contributed by atoms with E-state index >= 15 is 0 Å². The van der Waals surface area contributed by atoms with Crippen LogP contribution in [-0.2, 0) is 21.4 Å². The number of hydrogen-bond donors (Lipinski definition) is 1. The van der Waals surface area contributed by atoms with E-state index in [-0.39, 0.29) is 13.1 Å². The van der Waals surface area contributed by atoms with Gasteiger partial charge in [0.25, 0.3) is 0 Å². The first-order valence-electron chi connectivity index (χ1n) is 6.81. The molecular formula is C15H18N2O5S. The smallest absolute Gasteiger partial charge is 0.241 e. The number of furan rings is 1. The van der Waals surface area contributed by atoms with Gasteiger partial charge in [-0.1, -0.05) is 6.07 Å². The van der Waals surface area contributed by atoms with Gasteiger partial charge in [0.05, 0.1) is 31.9 Å². The van der Waals surface area contributed by atoms with Crippen LogP contribution in [0.5, 0.6) is 5.75 Å². The van der Waals surface area contributed by atoms with E-state index in [2.05, 4.69) is 5.32 Å². The molecule has 1 N–H and O–H groups in total. The number of carbonyl (C=O) groups is 1. The largest absolute Gasteiger partial charge is 0.497 e. The number of anilines is 1. The third kappa shape index (κ3) is 4.75. The zero-order chi connectivity index (χ0) is 16.9. The second-order valence-electron chi connectivity index (χ2n) is 4.83. The molecule has 23 heavy (non-hydrogen) atoms. The molecule has 0 fully saturated rings. The number of sulfonamides is 1. The van der Waals surface area contributed by atoms with Crippen LogP contribution in [0, 0.1) is 0 Å². The van der Waals surface area contributed by atoms with Gasteiger partial charge in [-0.15, -0.1) is 0 Å². The Hall–Kier alpha value is -2.48. The quantitative estimate of drug-likeness (QED) is 0.824. The fourth-order valence-electron chi connectivity index (χ4n) is 1.95. The molecule has 1 aromatic carbocycles. The van der Waals surface area contributed by atoms with E-state index in [0.29, 0.717) is 17.2 Å². The Kier molecular flexibility index (Phi) is 5.28. The van der Waals surface area contributed by atoms with Gasteiger partial charge >= 0.3 is 0 Å². The van der Waals surface area contributed by atoms with Crippen LogP contribution >= 0.6 is 0 Å². The second-order valence-corrected chi connectivity index (χ2v) is 6.73. The number of ether oxygens (including phenoxy) is 1. The summed E-state index contributed by atoms with van der Waals surface area (Å²) in [5.74, 6) is 0.660. The molecule has 0 aliphatic rings. The third-order valence-corrected chi connectivity index (χ3v) is 4.21. The molecule has 1 aromatic heterocycles. The first-order valence-corrected chi connectivity index (χ1v) is 8.66. The second kappa shape index (κ2) is 7.19. The summed E-state index contributed by atoms with van der Waals surface area (Å²) in [4.78, 5) is 12.0. The summed E-state index contributed by atoms with van der Waals surface area (Å²) in [6, 6.07) is 9.94. The molecule has 0 radical (unpaired) electrons. The molecule has 7 nitrogen and oxygen atoms in total. The minimum absolute atomic E-state index is 0.196. The molecule has 2 rings (SSSR count). The highest BCUT2D eigenvalue weighted by Crippen LogP contribution is 2.22. The number of rotatable bonds is 7. The summed E-state index contributed by atoms with van der Waals surface area (Å²) in [6.07, 6.45) is 2.55. The Labute approximate surface area is 134 Å². The van der Waals surface area contributed by atoms with Gasteiger partial charge in [0.2, 0.25) is 15.9 Å². The number of amides is 1. The van der Waals surface area contributed by atoms with Crippen molar-refractivity contribution in [2.75, 3.05) is 24.2 Å². The molecule has 0 saturated heterocycles. The summed E-state index contributed by atoms with van der Waals surface area (Å²) >= 11 is 0. The first kappa shape index (κ1) is 16.9. The van der Waals surface area contributed by atoms with Crippen LogP contribution in [-0.4, -0.2) is 34.2 Å². The number of nitrogens with zero attached hydrogens (tertiary/aromatic N) is 1. The molecule has 8 heteroatoms. The van der Waals surface area contributed by atoms with Crippen LogP contribution in [0.25, 0.3) is 0 Å². The molecule has 0 bridgehead atoms. The molecule has 0 aliphatic carbocycles. The predicted octanol–water partition coefficient (Wildman–Crippen LogP) is 1.37. The first-order chi connectivity index (χ1) is 10.9. The van der Waals surface area contributed by atoms with Crippen LogP contribution < -0.4 is 14.4 Å². The lowest BCUT2D eigenvalue weighted by atomic mass is 10.3. The van der Waals surface area contributed by atoms with E-state index in [1.165, 1.54) is 13.4 Å². The van der Waals surface area contributed by atoms with Gasteiger partial charge in [0, 0.05) is 6.07 Å². The zero-order valence-corrected chi connectivity index (χ0v) is 13.7. The summed E-state index contributed by atoms with van der Waals surface area (Å²) in [5.41, 5.74) is 0.361. The molecule has 1 amide bonds. The Morgan fingerprint density at radius 3 is 2.70 bits per heavy atom. The van der Waals surface area contributed by atoms with E-state index in [0.717, 1.165) is 10.6 Å². The topological polar surface area (TPSA) is 88.8 Å². The van der Waals surface area contributed by atoms with Crippen molar-refractivity contribution in [2.24, 2.45) is 0 Å². The molecule has 1 heterocycles. The predicted molar refractivity (Wildman–Crippen MR) is 85.7 cm³/mol. The number of benzene rings is 1. The lowest BCUT2D eigenvalue weighted by molar-refractivity contribution is -0.119. The van der Waals surface area contributed by atoms with Gasteiger partial charge in [0.15, 0.2) is 0 Å². The molecule has 0 unspecified atom stereocenters. The van der Waals surface area contributed by atoms with Crippen molar-refractivity contribution >= 4 is 21.6 Å². The highest BCUT2D eigenvalue weighted by atomic mass is 32.2. The maximum atomic E-state index is 12.0. The van der Waals surface area contributed by atoms with Crippen LogP contribution in [0.4, 0.5) is 5.69 Å². The minimum atomic E-state index is -3.62. The van der Waals surface area contributed by atoms with Crippen molar-refractivity contribution < 1.29 is 22.4 Å². The van der Waals surface area contributed by atoms with Gasteiger partial charge in [-0.25, -0.2) is 8.42 Å². The Balaban J connectivity index is 2.11. The summed E-state index contributed by atoms with van der Waals surface area (Å²) in [5, 5.41) is 2.62. The maximum Gasteiger partial charge on any atom is 0.241 e. The van der Waals surface area contributed by atoms with Crippen molar-refractivity contribution in [1.82, 2.24) is 5.32 Å². The SMILES string of the molecule is COc1cccc(N(CC(=O)NCc2ccco2)S(C)(=O)=O)c1. The van der Waals surface area contributed by atoms with E-state index in [1.54, 1.807) is 36.4 Å². The Morgan fingerprint density at radius 1 is 1.30 bits per heavy atom. The zero-order valence-electron chi connectivity index (χ0n) is 12.9. The van der Waals surface area contributed by atoms with E-state index in [1.807, 2.05) is 0 Å². The van der Waals surface area contributed by atoms with Gasteiger partial charge in [-0.3, -0.25) is 9.10 Å². The van der Waals surface area contributed by atoms with Crippen molar-refractivity contribution in [3.8, 4) is 5.75 Å². The molecule has 0 aliphatic heterocycles. The van der Waals surface area contributed by atoms with Crippen LogP contribution in [0.15, 0.2) is 47.1 Å². The Bertz CT molecular complexity index is 756. The summed E-state index contributed by atoms with van der Waals surface area (Å²) < 4.78 is 35.2. The normalized spacial score (nSPS) is 11.0. The fraction of sp³-hybridized carbons (Fsp3) is 0.267. The molecule has 124 valence electrons. The molecule has 2 aromatic rings. The molecule has 0 saturated carbocycles. The highest BCUT2D eigenvalue weighted by molar-refractivity contribution is 7.92. The monoisotopic (exact) mass is 338 g/mol. The number of carbonyl (C=O) groups excluding carboxylic acids is 1. The number of nitrogens with one attached hydrogen (secondary N) is 1. The van der Waals surface area contributed by atoms with Gasteiger partial charge in [-0.2, -0.15) is 0 Å². The average molecular weight is 338 g/mol. The minimum Gasteiger partial charge on any atom is -0.497 e. The van der Waals surface area contributed by atoms with Crippen molar-refractivity contribution in [3.05, 3.63) is 48.4 Å². The average Bonchev–Trinajstić information content (AvgIpc) is 3.03. The van der Waals surface area contributed by atoms with Crippen molar-refractivity contribution in [2.45, 2.75) is 6.54 Å². The van der Waals surface area contributed by atoms with E-state index in [9.17, 15) is 13.2 Å². The summed E-state index contributed by atoms with van der Waals surface area (Å²) in [6.45, 7) is -0.131. The highest BCUT2D eigenvalue weighted by Gasteiger charge is 2.21. The van der Waals surface area contributed by atoms with Crippen LogP contribution in [0.2, 0.25) is 0 Å². The lowest BCUT2D eigenvalue weighted by Gasteiger charge is -2.22. The molecular weight excluding hydrogens is 320 g/mol. The molecule has 0 atom stereocenters. The van der Waals surface area contributed by atoms with E-state index < -0.39 is 15.9 Å². The fourth-order valence-corrected chi connectivity index (χ4v) is 2.80. The maximum absolute atomic E-state index is 12.0. The van der Waals surface area contributed by atoms with Crippen LogP contribution in [0.3, 0.4) is 0 Å². The molecule has 0 spiro atoms. The van der Waals surface area contributed by atoms with Gasteiger partial charge < -0.3 is 14.5 Å². The number of hydrogen-bond acceptors (Lipinski definition) is 5. The standard InChI is InChI=1S/C15H18N2O5S/c1-21-13-6-3-5-12(9-13)17(23(2,19)20)11-15(18)16-10-14-7-4-8-22-14/h3-9H,10-11H2,1-2H3,(H,16,18). The number of methoxy groups -OCH3 is 1. The Morgan fingerprint density at radius 2 is 2.09 bits per heavy atom. The lowest BCUT2D eigenvalue weighted by Crippen LogP contribution is -2.40. The van der Waals surface area contributed by atoms with Gasteiger partial charge in [0.1, 0.15) is 18.1 Å².